The number of rotatable bonds is 4. The minimum absolute atomic E-state index is 0.0929. The number of alkyl halides is 3. The molecular weight excluding hydrogens is 321 g/mol. The Morgan fingerprint density at radius 2 is 1.79 bits per heavy atom. The standard InChI is InChI=1S/C17H19F3N2O2/c1-4-21(5-2)16(24)13-10-22(6-3)14-8-7-11(17(18,19)20)9-12(14)15(13)23/h7-10H,4-6H2,1-3H3. The number of aromatic nitrogens is 1. The molecule has 0 unspecified atom stereocenters. The molecule has 0 saturated heterocycles. The molecule has 0 N–H and O–H groups in total. The molecule has 1 aromatic heterocycles. The predicted octanol–water partition coefficient (Wildman–Crippen LogP) is 3.52. The van der Waals surface area contributed by atoms with Gasteiger partial charge in [0.15, 0.2) is 0 Å². The van der Waals surface area contributed by atoms with E-state index in [4.69, 9.17) is 0 Å². The molecule has 0 radical (unpaired) electrons. The number of carbonyl (C=O) groups is 1. The van der Waals surface area contributed by atoms with Crippen LogP contribution in [0, 0.1) is 0 Å². The van der Waals surface area contributed by atoms with Crippen molar-refractivity contribution < 1.29 is 18.0 Å². The van der Waals surface area contributed by atoms with Gasteiger partial charge in [0.25, 0.3) is 5.91 Å². The molecule has 1 amide bonds. The van der Waals surface area contributed by atoms with Crippen LogP contribution in [0.25, 0.3) is 10.9 Å². The van der Waals surface area contributed by atoms with Crippen LogP contribution in [-0.2, 0) is 12.7 Å². The van der Waals surface area contributed by atoms with Gasteiger partial charge in [-0.05, 0) is 39.0 Å². The molecule has 0 atom stereocenters. The first kappa shape index (κ1) is 18.0. The van der Waals surface area contributed by atoms with Crippen molar-refractivity contribution in [3.05, 3.63) is 45.7 Å². The molecule has 4 nitrogen and oxygen atoms in total. The van der Waals surface area contributed by atoms with Crippen LogP contribution in [0.5, 0.6) is 0 Å². The van der Waals surface area contributed by atoms with Gasteiger partial charge in [-0.1, -0.05) is 0 Å². The summed E-state index contributed by atoms with van der Waals surface area (Å²) in [4.78, 5) is 26.6. The van der Waals surface area contributed by atoms with Gasteiger partial charge in [-0.25, -0.2) is 0 Å². The monoisotopic (exact) mass is 340 g/mol. The maximum absolute atomic E-state index is 12.9. The minimum atomic E-state index is -4.55. The summed E-state index contributed by atoms with van der Waals surface area (Å²) < 4.78 is 40.4. The fourth-order valence-electron chi connectivity index (χ4n) is 2.67. The predicted molar refractivity (Wildman–Crippen MR) is 86.1 cm³/mol. The zero-order valence-electron chi connectivity index (χ0n) is 13.8. The van der Waals surface area contributed by atoms with Crippen molar-refractivity contribution in [1.82, 2.24) is 9.47 Å². The van der Waals surface area contributed by atoms with Crippen molar-refractivity contribution in [2.75, 3.05) is 13.1 Å². The van der Waals surface area contributed by atoms with Crippen LogP contribution >= 0.6 is 0 Å². The lowest BCUT2D eigenvalue weighted by Gasteiger charge is -2.20. The van der Waals surface area contributed by atoms with Crippen LogP contribution in [0.15, 0.2) is 29.2 Å². The van der Waals surface area contributed by atoms with Gasteiger partial charge in [-0.3, -0.25) is 9.59 Å². The highest BCUT2D eigenvalue weighted by Crippen LogP contribution is 2.30. The van der Waals surface area contributed by atoms with Crippen molar-refractivity contribution >= 4 is 16.8 Å². The first-order valence-electron chi connectivity index (χ1n) is 7.78. The lowest BCUT2D eigenvalue weighted by Crippen LogP contribution is -2.34. The molecule has 0 spiro atoms. The van der Waals surface area contributed by atoms with Crippen LogP contribution in [0.1, 0.15) is 36.7 Å². The third-order valence-electron chi connectivity index (χ3n) is 4.03. The average Bonchev–Trinajstić information content (AvgIpc) is 2.55. The van der Waals surface area contributed by atoms with E-state index in [1.165, 1.54) is 17.2 Å². The molecule has 0 fully saturated rings. The van der Waals surface area contributed by atoms with Gasteiger partial charge in [0, 0.05) is 31.2 Å². The molecule has 1 aromatic carbocycles. The zero-order chi connectivity index (χ0) is 18.1. The third-order valence-corrected chi connectivity index (χ3v) is 4.03. The lowest BCUT2D eigenvalue weighted by molar-refractivity contribution is -0.137. The summed E-state index contributed by atoms with van der Waals surface area (Å²) in [5, 5.41) is -0.0929. The summed E-state index contributed by atoms with van der Waals surface area (Å²) in [5.74, 6) is -0.466. The van der Waals surface area contributed by atoms with E-state index in [2.05, 4.69) is 0 Å². The molecule has 24 heavy (non-hydrogen) atoms. The Labute approximate surface area is 137 Å². The van der Waals surface area contributed by atoms with Crippen molar-refractivity contribution in [3.63, 3.8) is 0 Å². The van der Waals surface area contributed by atoms with Gasteiger partial charge in [-0.2, -0.15) is 13.2 Å². The second-order valence-electron chi connectivity index (χ2n) is 5.37. The van der Waals surface area contributed by atoms with Crippen molar-refractivity contribution in [2.24, 2.45) is 0 Å². The Hall–Kier alpha value is -2.31. The van der Waals surface area contributed by atoms with Gasteiger partial charge in [0.05, 0.1) is 11.1 Å². The zero-order valence-corrected chi connectivity index (χ0v) is 13.8. The molecule has 130 valence electrons. The summed E-state index contributed by atoms with van der Waals surface area (Å²) >= 11 is 0. The lowest BCUT2D eigenvalue weighted by atomic mass is 10.1. The number of benzene rings is 1. The van der Waals surface area contributed by atoms with Crippen molar-refractivity contribution in [2.45, 2.75) is 33.5 Å². The van der Waals surface area contributed by atoms with Gasteiger partial charge >= 0.3 is 6.18 Å². The Kier molecular flexibility index (Phi) is 5.01. The molecule has 2 aromatic rings. The summed E-state index contributed by atoms with van der Waals surface area (Å²) in [6.45, 7) is 6.63. The average molecular weight is 340 g/mol. The van der Waals surface area contributed by atoms with Gasteiger partial charge < -0.3 is 9.47 Å². The van der Waals surface area contributed by atoms with E-state index in [0.717, 1.165) is 12.1 Å². The summed E-state index contributed by atoms with van der Waals surface area (Å²) in [6, 6.07) is 3.04. The number of hydrogen-bond acceptors (Lipinski definition) is 2. The smallest absolute Gasteiger partial charge is 0.347 e. The van der Waals surface area contributed by atoms with E-state index >= 15 is 0 Å². The number of aryl methyl sites for hydroxylation is 1. The first-order chi connectivity index (χ1) is 11.2. The molecule has 0 bridgehead atoms. The van der Waals surface area contributed by atoms with E-state index in [-0.39, 0.29) is 10.9 Å². The third kappa shape index (κ3) is 3.16. The Bertz CT molecular complexity index is 821. The number of fused-ring (bicyclic) bond motifs is 1. The van der Waals surface area contributed by atoms with E-state index < -0.39 is 23.1 Å². The fourth-order valence-corrected chi connectivity index (χ4v) is 2.67. The van der Waals surface area contributed by atoms with Crippen LogP contribution in [0.3, 0.4) is 0 Å². The largest absolute Gasteiger partial charge is 0.416 e. The van der Waals surface area contributed by atoms with E-state index in [9.17, 15) is 22.8 Å². The van der Waals surface area contributed by atoms with Crippen LogP contribution in [0.4, 0.5) is 13.2 Å². The molecular formula is C17H19F3N2O2. The van der Waals surface area contributed by atoms with Crippen LogP contribution in [-0.4, -0.2) is 28.5 Å². The summed E-state index contributed by atoms with van der Waals surface area (Å²) in [6.07, 6.45) is -3.12. The molecule has 0 aliphatic rings. The van der Waals surface area contributed by atoms with E-state index in [1.54, 1.807) is 25.3 Å². The van der Waals surface area contributed by atoms with Gasteiger partial charge in [-0.15, -0.1) is 0 Å². The first-order valence-corrected chi connectivity index (χ1v) is 7.78. The number of hydrogen-bond donors (Lipinski definition) is 0. The molecule has 0 aliphatic carbocycles. The summed E-state index contributed by atoms with van der Waals surface area (Å²) in [7, 11) is 0. The highest BCUT2D eigenvalue weighted by atomic mass is 19.4. The number of amides is 1. The number of pyridine rings is 1. The van der Waals surface area contributed by atoms with E-state index in [1.807, 2.05) is 0 Å². The topological polar surface area (TPSA) is 42.3 Å². The van der Waals surface area contributed by atoms with E-state index in [0.29, 0.717) is 25.2 Å². The fraction of sp³-hybridized carbons (Fsp3) is 0.412. The molecule has 0 saturated carbocycles. The highest BCUT2D eigenvalue weighted by molar-refractivity contribution is 5.97. The second-order valence-corrected chi connectivity index (χ2v) is 5.37. The van der Waals surface area contributed by atoms with Crippen molar-refractivity contribution in [1.29, 1.82) is 0 Å². The SMILES string of the molecule is CCN(CC)C(=O)c1cn(CC)c2ccc(C(F)(F)F)cc2c1=O. The van der Waals surface area contributed by atoms with Crippen LogP contribution in [0.2, 0.25) is 0 Å². The quantitative estimate of drug-likeness (QED) is 0.855. The molecule has 2 rings (SSSR count). The Morgan fingerprint density at radius 1 is 1.17 bits per heavy atom. The molecule has 7 heteroatoms. The second kappa shape index (κ2) is 6.67. The Balaban J connectivity index is 2.77. The number of carbonyl (C=O) groups excluding carboxylic acids is 1. The molecule has 0 aliphatic heterocycles. The number of nitrogens with zero attached hydrogens (tertiary/aromatic N) is 2. The Morgan fingerprint density at radius 3 is 2.29 bits per heavy atom. The summed E-state index contributed by atoms with van der Waals surface area (Å²) in [5.41, 5.74) is -1.29. The van der Waals surface area contributed by atoms with Crippen molar-refractivity contribution in [3.8, 4) is 0 Å². The maximum Gasteiger partial charge on any atom is 0.416 e. The van der Waals surface area contributed by atoms with Gasteiger partial charge in [0.1, 0.15) is 5.56 Å². The maximum atomic E-state index is 12.9. The highest BCUT2D eigenvalue weighted by Gasteiger charge is 2.31. The molecule has 1 heterocycles. The van der Waals surface area contributed by atoms with Crippen LogP contribution < -0.4 is 5.43 Å². The van der Waals surface area contributed by atoms with Gasteiger partial charge in [0.2, 0.25) is 5.43 Å². The normalized spacial score (nSPS) is 11.8. The number of halogens is 3. The minimum Gasteiger partial charge on any atom is -0.347 e.